The number of likely N-dealkylation sites (tertiary alicyclic amines) is 1. The van der Waals surface area contributed by atoms with Crippen LogP contribution in [0.3, 0.4) is 0 Å². The van der Waals surface area contributed by atoms with Crippen molar-refractivity contribution in [1.82, 2.24) is 14.9 Å². The second kappa shape index (κ2) is 9.17. The van der Waals surface area contributed by atoms with E-state index in [1.807, 2.05) is 0 Å². The van der Waals surface area contributed by atoms with Gasteiger partial charge in [-0.2, -0.15) is 0 Å². The van der Waals surface area contributed by atoms with Crippen LogP contribution in [-0.2, 0) is 19.6 Å². The maximum Gasteiger partial charge on any atom is 0.240 e. The molecule has 0 bridgehead atoms. The zero-order chi connectivity index (χ0) is 21.0. The average molecular weight is 429 g/mol. The first-order valence-electron chi connectivity index (χ1n) is 9.76. The van der Waals surface area contributed by atoms with Crippen molar-refractivity contribution < 1.29 is 26.8 Å². The molecule has 1 saturated heterocycles. The Morgan fingerprint density at radius 3 is 2.59 bits per heavy atom. The number of amides is 2. The third-order valence-electron chi connectivity index (χ3n) is 5.24. The molecule has 7 nitrogen and oxygen atoms in total. The summed E-state index contributed by atoms with van der Waals surface area (Å²) in [5.74, 6) is -2.34. The molecular weight excluding hydrogens is 404 g/mol. The van der Waals surface area contributed by atoms with Crippen molar-refractivity contribution in [2.45, 2.75) is 37.0 Å². The number of nitrogens with zero attached hydrogens (tertiary/aromatic N) is 1. The van der Waals surface area contributed by atoms with Gasteiger partial charge in [-0.3, -0.25) is 9.59 Å². The molecule has 2 fully saturated rings. The highest BCUT2D eigenvalue weighted by molar-refractivity contribution is 7.89. The molecule has 2 amide bonds. The molecule has 1 aromatic carbocycles. The van der Waals surface area contributed by atoms with Gasteiger partial charge >= 0.3 is 0 Å². The second-order valence-electron chi connectivity index (χ2n) is 7.59. The van der Waals surface area contributed by atoms with Gasteiger partial charge in [-0.25, -0.2) is 21.9 Å². The molecule has 10 heteroatoms. The molecule has 0 radical (unpaired) electrons. The van der Waals surface area contributed by atoms with E-state index < -0.39 is 26.6 Å². The van der Waals surface area contributed by atoms with E-state index in [0.29, 0.717) is 38.0 Å². The van der Waals surface area contributed by atoms with Gasteiger partial charge in [0.2, 0.25) is 21.8 Å². The van der Waals surface area contributed by atoms with Crippen molar-refractivity contribution in [2.24, 2.45) is 11.8 Å². The number of hydrogen-bond donors (Lipinski definition) is 2. The highest BCUT2D eigenvalue weighted by Crippen LogP contribution is 2.28. The molecule has 29 heavy (non-hydrogen) atoms. The number of piperidine rings is 1. The third kappa shape index (κ3) is 5.96. The minimum atomic E-state index is -4.05. The van der Waals surface area contributed by atoms with Gasteiger partial charge in [-0.05, 0) is 49.8 Å². The van der Waals surface area contributed by atoms with Crippen LogP contribution in [0.1, 0.15) is 32.1 Å². The molecule has 0 aromatic heterocycles. The number of hydrogen-bond acceptors (Lipinski definition) is 4. The predicted molar refractivity (Wildman–Crippen MR) is 101 cm³/mol. The van der Waals surface area contributed by atoms with Crippen molar-refractivity contribution in [2.75, 3.05) is 26.2 Å². The summed E-state index contributed by atoms with van der Waals surface area (Å²) in [6, 6.07) is 2.28. The summed E-state index contributed by atoms with van der Waals surface area (Å²) in [6.07, 6.45) is 3.66. The molecule has 160 valence electrons. The van der Waals surface area contributed by atoms with Crippen LogP contribution in [0.5, 0.6) is 0 Å². The van der Waals surface area contributed by atoms with Crippen molar-refractivity contribution in [3.05, 3.63) is 29.8 Å². The fraction of sp³-hybridized carbons (Fsp3) is 0.579. The van der Waals surface area contributed by atoms with Gasteiger partial charge in [0.05, 0.1) is 10.8 Å². The minimum Gasteiger partial charge on any atom is -0.356 e. The maximum absolute atomic E-state index is 13.2. The molecule has 1 saturated carbocycles. The van der Waals surface area contributed by atoms with Crippen LogP contribution in [0.2, 0.25) is 0 Å². The van der Waals surface area contributed by atoms with Crippen LogP contribution in [-0.4, -0.2) is 51.3 Å². The van der Waals surface area contributed by atoms with Crippen LogP contribution in [0.25, 0.3) is 0 Å². The van der Waals surface area contributed by atoms with E-state index in [1.165, 1.54) is 0 Å². The van der Waals surface area contributed by atoms with E-state index in [1.54, 1.807) is 4.90 Å². The fourth-order valence-corrected chi connectivity index (χ4v) is 4.35. The molecule has 1 heterocycles. The van der Waals surface area contributed by atoms with Crippen molar-refractivity contribution in [1.29, 1.82) is 0 Å². The largest absolute Gasteiger partial charge is 0.356 e. The van der Waals surface area contributed by atoms with Gasteiger partial charge in [-0.15, -0.1) is 0 Å². The molecule has 2 aliphatic rings. The molecule has 1 unspecified atom stereocenters. The van der Waals surface area contributed by atoms with E-state index in [9.17, 15) is 26.8 Å². The predicted octanol–water partition coefficient (Wildman–Crippen LogP) is 1.40. The Bertz CT molecular complexity index is 874. The van der Waals surface area contributed by atoms with Crippen molar-refractivity contribution in [3.8, 4) is 0 Å². The molecule has 2 N–H and O–H groups in total. The lowest BCUT2D eigenvalue weighted by atomic mass is 9.97. The quantitative estimate of drug-likeness (QED) is 0.653. The first kappa shape index (κ1) is 21.6. The Kier molecular flexibility index (Phi) is 6.84. The van der Waals surface area contributed by atoms with Crippen LogP contribution in [0, 0.1) is 23.5 Å². The lowest BCUT2D eigenvalue weighted by Gasteiger charge is -2.32. The van der Waals surface area contributed by atoms with E-state index >= 15 is 0 Å². The van der Waals surface area contributed by atoms with E-state index in [4.69, 9.17) is 0 Å². The Labute approximate surface area is 168 Å². The number of nitrogens with one attached hydrogen (secondary N) is 2. The standard InChI is InChI=1S/C19H25F2N3O4S/c20-16-6-5-15(10-17(16)21)29(27,28)23-8-7-18(25)24-9-1-2-14(12-24)19(26)22-11-13-3-4-13/h5-6,10,13-14,23H,1-4,7-9,11-12H2,(H,22,26). The topological polar surface area (TPSA) is 95.6 Å². The summed E-state index contributed by atoms with van der Waals surface area (Å²) in [5, 5.41) is 2.94. The van der Waals surface area contributed by atoms with Gasteiger partial charge in [-0.1, -0.05) is 0 Å². The summed E-state index contributed by atoms with van der Waals surface area (Å²) in [4.78, 5) is 25.8. The van der Waals surface area contributed by atoms with Crippen LogP contribution >= 0.6 is 0 Å². The lowest BCUT2D eigenvalue weighted by molar-refractivity contribution is -0.135. The Balaban J connectivity index is 1.46. The lowest BCUT2D eigenvalue weighted by Crippen LogP contribution is -2.46. The first-order chi connectivity index (χ1) is 13.8. The van der Waals surface area contributed by atoms with E-state index in [2.05, 4.69) is 10.0 Å². The molecular formula is C19H25F2N3O4S. The molecule has 1 atom stereocenters. The summed E-state index contributed by atoms with van der Waals surface area (Å²) in [5.41, 5.74) is 0. The number of benzene rings is 1. The SMILES string of the molecule is O=C(NCC1CC1)C1CCCN(C(=O)CCNS(=O)(=O)c2ccc(F)c(F)c2)C1. The number of halogens is 2. The Morgan fingerprint density at radius 1 is 1.14 bits per heavy atom. The fourth-order valence-electron chi connectivity index (χ4n) is 3.31. The highest BCUT2D eigenvalue weighted by Gasteiger charge is 2.30. The first-order valence-corrected chi connectivity index (χ1v) is 11.2. The average Bonchev–Trinajstić information content (AvgIpc) is 3.52. The third-order valence-corrected chi connectivity index (χ3v) is 6.70. The van der Waals surface area contributed by atoms with Gasteiger partial charge in [0.25, 0.3) is 0 Å². The number of rotatable bonds is 8. The normalized spacial score (nSPS) is 19.8. The zero-order valence-corrected chi connectivity index (χ0v) is 16.8. The summed E-state index contributed by atoms with van der Waals surface area (Å²) in [7, 11) is -4.05. The molecule has 3 rings (SSSR count). The number of carbonyl (C=O) groups excluding carboxylic acids is 2. The summed E-state index contributed by atoms with van der Waals surface area (Å²) in [6.45, 7) is 1.37. The van der Waals surface area contributed by atoms with Gasteiger partial charge in [0, 0.05) is 32.6 Å². The highest BCUT2D eigenvalue weighted by atomic mass is 32.2. The monoisotopic (exact) mass is 429 g/mol. The molecule has 0 spiro atoms. The van der Waals surface area contributed by atoms with Crippen LogP contribution in [0.15, 0.2) is 23.1 Å². The zero-order valence-electron chi connectivity index (χ0n) is 16.0. The number of carbonyl (C=O) groups is 2. The van der Waals surface area contributed by atoms with Crippen LogP contribution < -0.4 is 10.0 Å². The van der Waals surface area contributed by atoms with E-state index in [-0.39, 0.29) is 30.7 Å². The Morgan fingerprint density at radius 2 is 1.90 bits per heavy atom. The number of sulfonamides is 1. The minimum absolute atomic E-state index is 0.0339. The van der Waals surface area contributed by atoms with Gasteiger partial charge in [0.15, 0.2) is 11.6 Å². The maximum atomic E-state index is 13.2. The summed E-state index contributed by atoms with van der Waals surface area (Å²) >= 11 is 0. The smallest absolute Gasteiger partial charge is 0.240 e. The molecule has 1 aromatic rings. The molecule has 1 aliphatic heterocycles. The Hall–Kier alpha value is -2.07. The van der Waals surface area contributed by atoms with Gasteiger partial charge < -0.3 is 10.2 Å². The van der Waals surface area contributed by atoms with E-state index in [0.717, 1.165) is 31.4 Å². The van der Waals surface area contributed by atoms with Crippen molar-refractivity contribution in [3.63, 3.8) is 0 Å². The van der Waals surface area contributed by atoms with Crippen LogP contribution in [0.4, 0.5) is 8.78 Å². The van der Waals surface area contributed by atoms with Gasteiger partial charge in [0.1, 0.15) is 0 Å². The van der Waals surface area contributed by atoms with Crippen molar-refractivity contribution >= 4 is 21.8 Å². The molecule has 1 aliphatic carbocycles. The second-order valence-corrected chi connectivity index (χ2v) is 9.36. The summed E-state index contributed by atoms with van der Waals surface area (Å²) < 4.78 is 52.7.